The molecule has 0 heterocycles. The van der Waals surface area contributed by atoms with Gasteiger partial charge in [0.05, 0.1) is 0 Å². The van der Waals surface area contributed by atoms with E-state index in [0.717, 1.165) is 0 Å². The molecule has 0 aromatic rings. The van der Waals surface area contributed by atoms with Gasteiger partial charge in [0.25, 0.3) is 0 Å². The standard InChI is InChI=1S/C37H77N.ClH/c1-3-4-5-6-7-8-9-10-11-12-13-14-15-16-17-18-19-20-21-22-23-24-25-26-27-28-29-30-31-32-33-34-35-36-37-38-2;/h38H,3-37H2,1-2H3;1H. The number of hydrogen-bond acceptors (Lipinski definition) is 1. The summed E-state index contributed by atoms with van der Waals surface area (Å²) in [5.74, 6) is 0. The molecule has 0 aromatic heterocycles. The fourth-order valence-corrected chi connectivity index (χ4v) is 6.03. The van der Waals surface area contributed by atoms with E-state index in [1.54, 1.807) is 0 Å². The molecule has 39 heavy (non-hydrogen) atoms. The first kappa shape index (κ1) is 41.4. The zero-order valence-electron chi connectivity index (χ0n) is 27.7. The first-order valence-corrected chi connectivity index (χ1v) is 18.6. The van der Waals surface area contributed by atoms with Gasteiger partial charge in [-0.15, -0.1) is 12.4 Å². The van der Waals surface area contributed by atoms with Gasteiger partial charge in [-0.3, -0.25) is 0 Å². The van der Waals surface area contributed by atoms with Gasteiger partial charge in [-0.2, -0.15) is 0 Å². The maximum absolute atomic E-state index is 3.24. The van der Waals surface area contributed by atoms with Gasteiger partial charge in [-0.05, 0) is 20.0 Å². The quantitative estimate of drug-likeness (QED) is 0.0745. The zero-order chi connectivity index (χ0) is 27.5. The average molecular weight is 572 g/mol. The minimum atomic E-state index is 0. The summed E-state index contributed by atoms with van der Waals surface area (Å²) in [6.07, 6.45) is 50.2. The van der Waals surface area contributed by atoms with Crippen LogP contribution in [0.2, 0.25) is 0 Å². The van der Waals surface area contributed by atoms with Gasteiger partial charge in [0.2, 0.25) is 0 Å². The van der Waals surface area contributed by atoms with Crippen molar-refractivity contribution in [2.24, 2.45) is 0 Å². The Labute approximate surface area is 256 Å². The van der Waals surface area contributed by atoms with Crippen molar-refractivity contribution in [2.75, 3.05) is 13.6 Å². The Morgan fingerprint density at radius 3 is 0.564 bits per heavy atom. The van der Waals surface area contributed by atoms with E-state index >= 15 is 0 Å². The van der Waals surface area contributed by atoms with Crippen LogP contribution in [0.3, 0.4) is 0 Å². The van der Waals surface area contributed by atoms with Gasteiger partial charge >= 0.3 is 0 Å². The van der Waals surface area contributed by atoms with Gasteiger partial charge in [0.15, 0.2) is 0 Å². The van der Waals surface area contributed by atoms with Crippen molar-refractivity contribution in [2.45, 2.75) is 225 Å². The second-order valence-electron chi connectivity index (χ2n) is 12.8. The highest BCUT2D eigenvalue weighted by Gasteiger charge is 1.97. The van der Waals surface area contributed by atoms with Crippen molar-refractivity contribution in [3.63, 3.8) is 0 Å². The minimum absolute atomic E-state index is 0. The smallest absolute Gasteiger partial charge is 0.00519 e. The summed E-state index contributed by atoms with van der Waals surface area (Å²) in [6.45, 7) is 3.50. The summed E-state index contributed by atoms with van der Waals surface area (Å²) >= 11 is 0. The highest BCUT2D eigenvalue weighted by atomic mass is 35.5. The predicted molar refractivity (Wildman–Crippen MR) is 184 cm³/mol. The van der Waals surface area contributed by atoms with Crippen LogP contribution in [0, 0.1) is 0 Å². The third-order valence-corrected chi connectivity index (χ3v) is 8.78. The van der Waals surface area contributed by atoms with Crippen LogP contribution in [0.15, 0.2) is 0 Å². The lowest BCUT2D eigenvalue weighted by Crippen LogP contribution is -2.06. The van der Waals surface area contributed by atoms with Crippen molar-refractivity contribution in [1.29, 1.82) is 0 Å². The van der Waals surface area contributed by atoms with E-state index in [1.165, 1.54) is 225 Å². The zero-order valence-corrected chi connectivity index (χ0v) is 28.5. The summed E-state index contributed by atoms with van der Waals surface area (Å²) in [7, 11) is 2.06. The molecule has 238 valence electrons. The molecule has 0 aromatic carbocycles. The molecule has 0 bridgehead atoms. The molecule has 2 heteroatoms. The molecule has 1 nitrogen and oxygen atoms in total. The largest absolute Gasteiger partial charge is 0.320 e. The van der Waals surface area contributed by atoms with Crippen molar-refractivity contribution in [3.8, 4) is 0 Å². The van der Waals surface area contributed by atoms with Crippen molar-refractivity contribution >= 4 is 12.4 Å². The monoisotopic (exact) mass is 572 g/mol. The summed E-state index contributed by atoms with van der Waals surface area (Å²) in [5.41, 5.74) is 0. The van der Waals surface area contributed by atoms with Crippen molar-refractivity contribution < 1.29 is 0 Å². The van der Waals surface area contributed by atoms with Gasteiger partial charge < -0.3 is 5.32 Å². The van der Waals surface area contributed by atoms with Gasteiger partial charge in [-0.1, -0.05) is 219 Å². The minimum Gasteiger partial charge on any atom is -0.320 e. The Balaban J connectivity index is 0. The molecule has 0 aliphatic heterocycles. The predicted octanol–water partition coefficient (Wildman–Crippen LogP) is 13.9. The van der Waals surface area contributed by atoms with Crippen LogP contribution in [0.25, 0.3) is 0 Å². The van der Waals surface area contributed by atoms with Crippen LogP contribution in [-0.2, 0) is 0 Å². The lowest BCUT2D eigenvalue weighted by atomic mass is 10.0. The van der Waals surface area contributed by atoms with Crippen LogP contribution in [0.1, 0.15) is 225 Å². The van der Waals surface area contributed by atoms with Crippen LogP contribution in [-0.4, -0.2) is 13.6 Å². The third-order valence-electron chi connectivity index (χ3n) is 8.78. The Bertz CT molecular complexity index is 350. The number of halogens is 1. The summed E-state index contributed by atoms with van der Waals surface area (Å²) in [5, 5.41) is 3.24. The van der Waals surface area contributed by atoms with E-state index < -0.39 is 0 Å². The highest BCUT2D eigenvalue weighted by molar-refractivity contribution is 5.85. The summed E-state index contributed by atoms with van der Waals surface area (Å²) in [4.78, 5) is 0. The molecule has 0 rings (SSSR count). The summed E-state index contributed by atoms with van der Waals surface area (Å²) in [6, 6.07) is 0. The fourth-order valence-electron chi connectivity index (χ4n) is 6.03. The van der Waals surface area contributed by atoms with E-state index in [4.69, 9.17) is 0 Å². The molecule has 0 aliphatic rings. The lowest BCUT2D eigenvalue weighted by Gasteiger charge is -2.05. The lowest BCUT2D eigenvalue weighted by molar-refractivity contribution is 0.511. The topological polar surface area (TPSA) is 12.0 Å². The SMILES string of the molecule is CCCCCCCCCCCCCCCCCCCCCCCCCCCCCCCCCCCCNC.Cl. The molecule has 1 N–H and O–H groups in total. The van der Waals surface area contributed by atoms with Crippen molar-refractivity contribution in [3.05, 3.63) is 0 Å². The molecule has 0 spiro atoms. The molecule has 0 radical (unpaired) electrons. The van der Waals surface area contributed by atoms with Crippen molar-refractivity contribution in [1.82, 2.24) is 5.32 Å². The van der Waals surface area contributed by atoms with Crippen LogP contribution in [0.5, 0.6) is 0 Å². The molecule has 0 saturated carbocycles. The molecule has 0 aliphatic carbocycles. The third kappa shape index (κ3) is 40.5. The molecular weight excluding hydrogens is 494 g/mol. The number of nitrogens with one attached hydrogen (secondary N) is 1. The number of hydrogen-bond donors (Lipinski definition) is 1. The first-order valence-electron chi connectivity index (χ1n) is 18.6. The Morgan fingerprint density at radius 2 is 0.410 bits per heavy atom. The Morgan fingerprint density at radius 1 is 0.256 bits per heavy atom. The molecule has 0 fully saturated rings. The second-order valence-corrected chi connectivity index (χ2v) is 12.8. The van der Waals surface area contributed by atoms with E-state index in [-0.39, 0.29) is 12.4 Å². The summed E-state index contributed by atoms with van der Waals surface area (Å²) < 4.78 is 0. The Hall–Kier alpha value is 0.250. The highest BCUT2D eigenvalue weighted by Crippen LogP contribution is 2.17. The number of rotatable bonds is 35. The number of unbranched alkanes of at least 4 members (excludes halogenated alkanes) is 33. The second kappa shape index (κ2) is 40.4. The molecule has 0 unspecified atom stereocenters. The normalized spacial score (nSPS) is 11.2. The molecule has 0 atom stereocenters. The molecule has 0 amide bonds. The maximum atomic E-state index is 3.24. The van der Waals surface area contributed by atoms with Gasteiger partial charge in [-0.25, -0.2) is 0 Å². The van der Waals surface area contributed by atoms with E-state index in [1.807, 2.05) is 0 Å². The maximum Gasteiger partial charge on any atom is -0.00519 e. The molecule has 0 saturated heterocycles. The average Bonchev–Trinajstić information content (AvgIpc) is 2.93. The van der Waals surface area contributed by atoms with Gasteiger partial charge in [0.1, 0.15) is 0 Å². The fraction of sp³-hybridized carbons (Fsp3) is 1.00. The Kier molecular flexibility index (Phi) is 42.9. The van der Waals surface area contributed by atoms with Crippen LogP contribution >= 0.6 is 12.4 Å². The van der Waals surface area contributed by atoms with Gasteiger partial charge in [0, 0.05) is 0 Å². The van der Waals surface area contributed by atoms with E-state index in [2.05, 4.69) is 19.3 Å². The first-order chi connectivity index (χ1) is 18.9. The molecular formula is C37H78ClN. The van der Waals surface area contributed by atoms with E-state index in [9.17, 15) is 0 Å². The van der Waals surface area contributed by atoms with Crippen LogP contribution < -0.4 is 5.32 Å². The van der Waals surface area contributed by atoms with E-state index in [0.29, 0.717) is 0 Å². The van der Waals surface area contributed by atoms with Crippen LogP contribution in [0.4, 0.5) is 0 Å².